The zero-order chi connectivity index (χ0) is 16.9. The lowest BCUT2D eigenvalue weighted by atomic mass is 9.80. The van der Waals surface area contributed by atoms with E-state index in [0.717, 1.165) is 49.3 Å². The summed E-state index contributed by atoms with van der Waals surface area (Å²) in [7, 11) is 2.10. The molecule has 4 heteroatoms. The van der Waals surface area contributed by atoms with Gasteiger partial charge in [0, 0.05) is 24.6 Å². The fourth-order valence-corrected chi connectivity index (χ4v) is 3.79. The van der Waals surface area contributed by atoms with Gasteiger partial charge >= 0.3 is 0 Å². The van der Waals surface area contributed by atoms with Crippen molar-refractivity contribution in [1.82, 2.24) is 9.88 Å². The first-order chi connectivity index (χ1) is 11.4. The van der Waals surface area contributed by atoms with Crippen LogP contribution in [0.25, 0.3) is 11.1 Å². The van der Waals surface area contributed by atoms with Gasteiger partial charge in [0.05, 0.1) is 5.60 Å². The molecule has 0 spiro atoms. The number of benzene rings is 1. The predicted octanol–water partition coefficient (Wildman–Crippen LogP) is 4.18. The van der Waals surface area contributed by atoms with Gasteiger partial charge in [0.25, 0.3) is 0 Å². The van der Waals surface area contributed by atoms with E-state index in [1.807, 2.05) is 0 Å². The minimum absolute atomic E-state index is 0.309. The van der Waals surface area contributed by atoms with E-state index in [1.165, 1.54) is 24.0 Å². The first-order valence-corrected chi connectivity index (χ1v) is 9.28. The van der Waals surface area contributed by atoms with Gasteiger partial charge in [0.15, 0.2) is 11.5 Å². The van der Waals surface area contributed by atoms with E-state index in [1.54, 1.807) is 0 Å². The zero-order valence-corrected chi connectivity index (χ0v) is 15.0. The number of fused-ring (bicyclic) bond motifs is 1. The van der Waals surface area contributed by atoms with Crippen LogP contribution in [0, 0.1) is 0 Å². The lowest BCUT2D eigenvalue weighted by Gasteiger charge is -2.39. The third-order valence-corrected chi connectivity index (χ3v) is 5.41. The standard InChI is InChI=1S/C20H28N2O2/c1-13(2)19-21-17-10-14(9-16(15-5-6-15)18(17)24-19)11-22(3)12-20(23)7-4-8-20/h9-10,13,15,23H,4-8,11-12H2,1-3H3. The van der Waals surface area contributed by atoms with E-state index in [9.17, 15) is 5.11 Å². The molecule has 2 aliphatic carbocycles. The average molecular weight is 328 g/mol. The highest BCUT2D eigenvalue weighted by Crippen LogP contribution is 2.44. The monoisotopic (exact) mass is 328 g/mol. The molecule has 4 rings (SSSR count). The number of nitrogens with zero attached hydrogens (tertiary/aromatic N) is 2. The van der Waals surface area contributed by atoms with E-state index < -0.39 is 5.60 Å². The molecular weight excluding hydrogens is 300 g/mol. The summed E-state index contributed by atoms with van der Waals surface area (Å²) >= 11 is 0. The van der Waals surface area contributed by atoms with Crippen LogP contribution < -0.4 is 0 Å². The van der Waals surface area contributed by atoms with Crippen LogP contribution >= 0.6 is 0 Å². The maximum Gasteiger partial charge on any atom is 0.198 e. The Labute approximate surface area is 143 Å². The summed E-state index contributed by atoms with van der Waals surface area (Å²) in [4.78, 5) is 6.95. The maximum atomic E-state index is 10.4. The van der Waals surface area contributed by atoms with Crippen LogP contribution in [-0.4, -0.2) is 34.2 Å². The number of aromatic nitrogens is 1. The lowest BCUT2D eigenvalue weighted by molar-refractivity contribution is -0.0555. The van der Waals surface area contributed by atoms with Crippen LogP contribution in [0.3, 0.4) is 0 Å². The van der Waals surface area contributed by atoms with Crippen LogP contribution in [0.15, 0.2) is 16.5 Å². The number of aliphatic hydroxyl groups is 1. The van der Waals surface area contributed by atoms with Crippen molar-refractivity contribution in [3.63, 3.8) is 0 Å². The van der Waals surface area contributed by atoms with Crippen LogP contribution in [0.4, 0.5) is 0 Å². The maximum absolute atomic E-state index is 10.4. The van der Waals surface area contributed by atoms with Gasteiger partial charge in [-0.05, 0) is 56.7 Å². The molecule has 0 radical (unpaired) electrons. The van der Waals surface area contributed by atoms with Crippen molar-refractivity contribution < 1.29 is 9.52 Å². The van der Waals surface area contributed by atoms with Crippen LogP contribution in [0.2, 0.25) is 0 Å². The Balaban J connectivity index is 1.60. The normalized spacial score (nSPS) is 20.1. The van der Waals surface area contributed by atoms with Crippen LogP contribution in [0.1, 0.15) is 74.8 Å². The van der Waals surface area contributed by atoms with E-state index >= 15 is 0 Å². The van der Waals surface area contributed by atoms with E-state index in [4.69, 9.17) is 9.40 Å². The second kappa shape index (κ2) is 5.85. The number of likely N-dealkylation sites (N-methyl/N-ethyl adjacent to an activating group) is 1. The fourth-order valence-electron chi connectivity index (χ4n) is 3.79. The van der Waals surface area contributed by atoms with Gasteiger partial charge in [-0.25, -0.2) is 4.98 Å². The van der Waals surface area contributed by atoms with Crippen LogP contribution in [0.5, 0.6) is 0 Å². The van der Waals surface area contributed by atoms with Crippen molar-refractivity contribution in [3.8, 4) is 0 Å². The van der Waals surface area contributed by atoms with Crippen molar-refractivity contribution in [2.45, 2.75) is 69.9 Å². The number of hydrogen-bond acceptors (Lipinski definition) is 4. The summed E-state index contributed by atoms with van der Waals surface area (Å²) in [6, 6.07) is 4.47. The van der Waals surface area contributed by atoms with Gasteiger partial charge in [-0.2, -0.15) is 0 Å². The minimum Gasteiger partial charge on any atom is -0.440 e. The molecule has 2 aromatic rings. The van der Waals surface area contributed by atoms with E-state index in [-0.39, 0.29) is 0 Å². The van der Waals surface area contributed by atoms with Crippen molar-refractivity contribution in [3.05, 3.63) is 29.2 Å². The molecule has 0 saturated heterocycles. The smallest absolute Gasteiger partial charge is 0.198 e. The molecule has 1 aromatic carbocycles. The van der Waals surface area contributed by atoms with Gasteiger partial charge in [-0.15, -0.1) is 0 Å². The molecule has 1 heterocycles. The average Bonchev–Trinajstić information content (AvgIpc) is 3.23. The van der Waals surface area contributed by atoms with Gasteiger partial charge in [-0.1, -0.05) is 19.9 Å². The molecule has 2 fully saturated rings. The van der Waals surface area contributed by atoms with Gasteiger partial charge in [0.1, 0.15) is 5.52 Å². The molecule has 2 saturated carbocycles. The first kappa shape index (κ1) is 16.1. The molecule has 0 unspecified atom stereocenters. The van der Waals surface area contributed by atoms with Crippen molar-refractivity contribution >= 4 is 11.1 Å². The molecule has 0 bridgehead atoms. The van der Waals surface area contributed by atoms with Crippen molar-refractivity contribution in [1.29, 1.82) is 0 Å². The summed E-state index contributed by atoms with van der Waals surface area (Å²) in [6.07, 6.45) is 5.53. The predicted molar refractivity (Wildman–Crippen MR) is 95.2 cm³/mol. The summed E-state index contributed by atoms with van der Waals surface area (Å²) in [6.45, 7) is 5.84. The van der Waals surface area contributed by atoms with E-state index in [2.05, 4.69) is 37.9 Å². The summed E-state index contributed by atoms with van der Waals surface area (Å²) in [5.41, 5.74) is 4.13. The van der Waals surface area contributed by atoms with Crippen molar-refractivity contribution in [2.75, 3.05) is 13.6 Å². The van der Waals surface area contributed by atoms with Gasteiger partial charge in [0.2, 0.25) is 0 Å². The highest BCUT2D eigenvalue weighted by molar-refractivity contribution is 5.78. The summed E-state index contributed by atoms with van der Waals surface area (Å²) in [5, 5.41) is 10.4. The quantitative estimate of drug-likeness (QED) is 0.864. The minimum atomic E-state index is -0.461. The molecule has 2 aliphatic rings. The largest absolute Gasteiger partial charge is 0.440 e. The molecule has 4 nitrogen and oxygen atoms in total. The molecular formula is C20H28N2O2. The van der Waals surface area contributed by atoms with E-state index in [0.29, 0.717) is 11.8 Å². The summed E-state index contributed by atoms with van der Waals surface area (Å²) < 4.78 is 6.06. The Bertz CT molecular complexity index is 741. The zero-order valence-electron chi connectivity index (χ0n) is 15.0. The molecule has 1 aromatic heterocycles. The Morgan fingerprint density at radius 3 is 2.67 bits per heavy atom. The van der Waals surface area contributed by atoms with Crippen molar-refractivity contribution in [2.24, 2.45) is 0 Å². The van der Waals surface area contributed by atoms with Gasteiger partial charge < -0.3 is 9.52 Å². The number of hydrogen-bond donors (Lipinski definition) is 1. The molecule has 1 N–H and O–H groups in total. The molecule has 130 valence electrons. The Hall–Kier alpha value is -1.39. The second-order valence-electron chi connectivity index (χ2n) is 8.26. The topological polar surface area (TPSA) is 49.5 Å². The molecule has 0 amide bonds. The Morgan fingerprint density at radius 2 is 2.08 bits per heavy atom. The second-order valence-corrected chi connectivity index (χ2v) is 8.26. The van der Waals surface area contributed by atoms with Gasteiger partial charge in [-0.3, -0.25) is 4.90 Å². The third kappa shape index (κ3) is 3.09. The lowest BCUT2D eigenvalue weighted by Crippen LogP contribution is -2.46. The molecule has 24 heavy (non-hydrogen) atoms. The Morgan fingerprint density at radius 1 is 1.33 bits per heavy atom. The summed E-state index contributed by atoms with van der Waals surface area (Å²) in [5.74, 6) is 1.78. The highest BCUT2D eigenvalue weighted by atomic mass is 16.3. The number of rotatable bonds is 6. The molecule has 0 atom stereocenters. The van der Waals surface area contributed by atoms with Crippen LogP contribution in [-0.2, 0) is 6.54 Å². The first-order valence-electron chi connectivity index (χ1n) is 9.28. The Kier molecular flexibility index (Phi) is 3.92. The third-order valence-electron chi connectivity index (χ3n) is 5.41. The highest BCUT2D eigenvalue weighted by Gasteiger charge is 2.35. The fraction of sp³-hybridized carbons (Fsp3) is 0.650. The number of oxazole rings is 1. The SMILES string of the molecule is CC(C)c1nc2cc(CN(C)CC3(O)CCC3)cc(C3CC3)c2o1. The molecule has 0 aliphatic heterocycles.